The van der Waals surface area contributed by atoms with Gasteiger partial charge in [0.05, 0.1) is 17.3 Å². The molecule has 3 N–H and O–H groups in total. The summed E-state index contributed by atoms with van der Waals surface area (Å²) in [6.07, 6.45) is 1.55. The van der Waals surface area contributed by atoms with Crippen LogP contribution in [0.5, 0.6) is 0 Å². The van der Waals surface area contributed by atoms with E-state index >= 15 is 0 Å². The zero-order chi connectivity index (χ0) is 17.1. The quantitative estimate of drug-likeness (QED) is 0.764. The molecule has 1 aromatic heterocycles. The first-order chi connectivity index (χ1) is 11.6. The summed E-state index contributed by atoms with van der Waals surface area (Å²) in [5.41, 5.74) is 0.790. The van der Waals surface area contributed by atoms with Crippen molar-refractivity contribution < 1.29 is 14.4 Å². The molecule has 0 aliphatic carbocycles. The Labute approximate surface area is 137 Å². The van der Waals surface area contributed by atoms with Gasteiger partial charge in [-0.25, -0.2) is 9.78 Å². The SMILES string of the molecule is C[C@H](NC(=O)c1ccccc1N1CCC(=O)NC1=O)c1ncn[nH]1. The summed E-state index contributed by atoms with van der Waals surface area (Å²) in [5, 5.41) is 11.5. The van der Waals surface area contributed by atoms with E-state index in [0.717, 1.165) is 0 Å². The lowest BCUT2D eigenvalue weighted by molar-refractivity contribution is -0.120. The molecule has 0 bridgehead atoms. The molecule has 1 aromatic carbocycles. The normalized spacial score (nSPS) is 15.8. The van der Waals surface area contributed by atoms with Gasteiger partial charge in [-0.3, -0.25) is 24.9 Å². The average Bonchev–Trinajstić information content (AvgIpc) is 3.09. The first-order valence-electron chi connectivity index (χ1n) is 7.43. The number of hydrogen-bond donors (Lipinski definition) is 3. The topological polar surface area (TPSA) is 120 Å². The molecular weight excluding hydrogens is 312 g/mol. The Kier molecular flexibility index (Phi) is 4.23. The molecule has 2 aromatic rings. The minimum atomic E-state index is -0.533. The van der Waals surface area contributed by atoms with Gasteiger partial charge in [0.15, 0.2) is 0 Å². The third kappa shape index (κ3) is 3.09. The summed E-state index contributed by atoms with van der Waals surface area (Å²) in [7, 11) is 0. The Balaban J connectivity index is 1.82. The summed E-state index contributed by atoms with van der Waals surface area (Å²) < 4.78 is 0. The number of nitrogens with zero attached hydrogens (tertiary/aromatic N) is 3. The molecule has 0 spiro atoms. The molecule has 9 nitrogen and oxygen atoms in total. The van der Waals surface area contributed by atoms with E-state index in [2.05, 4.69) is 25.8 Å². The molecule has 24 heavy (non-hydrogen) atoms. The van der Waals surface area contributed by atoms with Crippen molar-refractivity contribution in [3.05, 3.63) is 42.0 Å². The molecule has 2 heterocycles. The zero-order valence-corrected chi connectivity index (χ0v) is 12.9. The van der Waals surface area contributed by atoms with Crippen molar-refractivity contribution in [3.63, 3.8) is 0 Å². The van der Waals surface area contributed by atoms with Crippen LogP contribution in [0.3, 0.4) is 0 Å². The van der Waals surface area contributed by atoms with Gasteiger partial charge in [0, 0.05) is 13.0 Å². The number of para-hydroxylation sites is 1. The predicted octanol–water partition coefficient (Wildman–Crippen LogP) is 0.742. The minimum Gasteiger partial charge on any atom is -0.342 e. The maximum Gasteiger partial charge on any atom is 0.328 e. The number of benzene rings is 1. The second-order valence-electron chi connectivity index (χ2n) is 5.34. The molecule has 1 saturated heterocycles. The average molecular weight is 328 g/mol. The van der Waals surface area contributed by atoms with Crippen molar-refractivity contribution in [2.45, 2.75) is 19.4 Å². The molecule has 4 amide bonds. The summed E-state index contributed by atoms with van der Waals surface area (Å²) in [4.78, 5) is 41.3. The number of hydrogen-bond acceptors (Lipinski definition) is 5. The van der Waals surface area contributed by atoms with Gasteiger partial charge in [0.1, 0.15) is 12.2 Å². The van der Waals surface area contributed by atoms with E-state index in [1.54, 1.807) is 31.2 Å². The van der Waals surface area contributed by atoms with E-state index in [4.69, 9.17) is 0 Å². The van der Waals surface area contributed by atoms with Crippen molar-refractivity contribution in [1.82, 2.24) is 25.8 Å². The molecule has 124 valence electrons. The molecule has 9 heteroatoms. The second kappa shape index (κ2) is 6.49. The van der Waals surface area contributed by atoms with Crippen LogP contribution in [0.2, 0.25) is 0 Å². The third-order valence-electron chi connectivity index (χ3n) is 3.68. The summed E-state index contributed by atoms with van der Waals surface area (Å²) >= 11 is 0. The monoisotopic (exact) mass is 328 g/mol. The molecule has 1 aliphatic rings. The highest BCUT2D eigenvalue weighted by Crippen LogP contribution is 2.23. The van der Waals surface area contributed by atoms with Crippen molar-refractivity contribution in [2.75, 3.05) is 11.4 Å². The molecule has 1 fully saturated rings. The van der Waals surface area contributed by atoms with Crippen molar-refractivity contribution in [3.8, 4) is 0 Å². The highest BCUT2D eigenvalue weighted by Gasteiger charge is 2.27. The zero-order valence-electron chi connectivity index (χ0n) is 12.9. The maximum absolute atomic E-state index is 12.6. The lowest BCUT2D eigenvalue weighted by Crippen LogP contribution is -2.50. The number of carbonyl (C=O) groups excluding carboxylic acids is 3. The van der Waals surface area contributed by atoms with Gasteiger partial charge >= 0.3 is 6.03 Å². The van der Waals surface area contributed by atoms with Gasteiger partial charge in [-0.05, 0) is 19.1 Å². The van der Waals surface area contributed by atoms with E-state index in [9.17, 15) is 14.4 Å². The second-order valence-corrected chi connectivity index (χ2v) is 5.34. The molecule has 0 unspecified atom stereocenters. The van der Waals surface area contributed by atoms with Crippen LogP contribution in [0, 0.1) is 0 Å². The number of amides is 4. The molecular formula is C15H16N6O3. The van der Waals surface area contributed by atoms with Gasteiger partial charge < -0.3 is 5.32 Å². The number of nitrogens with one attached hydrogen (secondary N) is 3. The lowest BCUT2D eigenvalue weighted by Gasteiger charge is -2.28. The van der Waals surface area contributed by atoms with E-state index in [-0.39, 0.29) is 30.8 Å². The van der Waals surface area contributed by atoms with Crippen molar-refractivity contribution in [2.24, 2.45) is 0 Å². The number of carbonyl (C=O) groups is 3. The van der Waals surface area contributed by atoms with Crippen molar-refractivity contribution in [1.29, 1.82) is 0 Å². The molecule has 0 saturated carbocycles. The fourth-order valence-corrected chi connectivity index (χ4v) is 2.46. The number of aromatic nitrogens is 3. The van der Waals surface area contributed by atoms with E-state index in [1.165, 1.54) is 11.2 Å². The molecule has 1 aliphatic heterocycles. The Morgan fingerprint density at radius 2 is 2.12 bits per heavy atom. The fraction of sp³-hybridized carbons (Fsp3) is 0.267. The van der Waals surface area contributed by atoms with Gasteiger partial charge in [0.25, 0.3) is 5.91 Å². The number of imide groups is 1. The smallest absolute Gasteiger partial charge is 0.328 e. The molecule has 1 atom stereocenters. The maximum atomic E-state index is 12.6. The third-order valence-corrected chi connectivity index (χ3v) is 3.68. The van der Waals surface area contributed by atoms with Crippen LogP contribution in [-0.2, 0) is 4.79 Å². The fourth-order valence-electron chi connectivity index (χ4n) is 2.46. The van der Waals surface area contributed by atoms with Crippen LogP contribution in [0.1, 0.15) is 35.6 Å². The van der Waals surface area contributed by atoms with Gasteiger partial charge in [0.2, 0.25) is 5.91 Å². The van der Waals surface area contributed by atoms with Crippen LogP contribution < -0.4 is 15.5 Å². The Hall–Kier alpha value is -3.23. The Bertz CT molecular complexity index is 773. The van der Waals surface area contributed by atoms with E-state index in [1.807, 2.05) is 0 Å². The summed E-state index contributed by atoms with van der Waals surface area (Å²) in [5.74, 6) is -0.140. The summed E-state index contributed by atoms with van der Waals surface area (Å²) in [6.45, 7) is 2.00. The highest BCUT2D eigenvalue weighted by molar-refractivity contribution is 6.09. The first kappa shape index (κ1) is 15.7. The summed E-state index contributed by atoms with van der Waals surface area (Å²) in [6, 6.07) is 5.84. The van der Waals surface area contributed by atoms with Gasteiger partial charge in [-0.15, -0.1) is 0 Å². The standard InChI is InChI=1S/C15H16N6O3/c1-9(13-16-8-17-20-13)18-14(23)10-4-2-3-5-11(10)21-7-6-12(22)19-15(21)24/h2-5,8-9H,6-7H2,1H3,(H,18,23)(H,16,17,20)(H,19,22,24)/t9-/m0/s1. The number of urea groups is 1. The largest absolute Gasteiger partial charge is 0.342 e. The van der Waals surface area contributed by atoms with Crippen molar-refractivity contribution >= 4 is 23.5 Å². The number of H-pyrrole nitrogens is 1. The Morgan fingerprint density at radius 3 is 2.83 bits per heavy atom. The number of rotatable bonds is 4. The van der Waals surface area contributed by atoms with Crippen LogP contribution in [0.25, 0.3) is 0 Å². The van der Waals surface area contributed by atoms with Crippen LogP contribution in [0.15, 0.2) is 30.6 Å². The lowest BCUT2D eigenvalue weighted by atomic mass is 10.1. The van der Waals surface area contributed by atoms with Gasteiger partial charge in [-0.1, -0.05) is 12.1 Å². The molecule has 0 radical (unpaired) electrons. The van der Waals surface area contributed by atoms with Crippen LogP contribution in [-0.4, -0.2) is 39.6 Å². The highest BCUT2D eigenvalue weighted by atomic mass is 16.2. The van der Waals surface area contributed by atoms with E-state index < -0.39 is 6.03 Å². The minimum absolute atomic E-state index is 0.191. The Morgan fingerprint density at radius 1 is 1.33 bits per heavy atom. The van der Waals surface area contributed by atoms with Gasteiger partial charge in [-0.2, -0.15) is 5.10 Å². The number of anilines is 1. The van der Waals surface area contributed by atoms with Crippen LogP contribution in [0.4, 0.5) is 10.5 Å². The first-order valence-corrected chi connectivity index (χ1v) is 7.43. The molecule has 3 rings (SSSR count). The predicted molar refractivity (Wildman–Crippen MR) is 84.2 cm³/mol. The number of aromatic amines is 1. The van der Waals surface area contributed by atoms with Crippen LogP contribution >= 0.6 is 0 Å². The van der Waals surface area contributed by atoms with E-state index in [0.29, 0.717) is 17.1 Å².